The van der Waals surface area contributed by atoms with Crippen LogP contribution >= 0.6 is 0 Å². The van der Waals surface area contributed by atoms with Crippen LogP contribution in [0.4, 0.5) is 0 Å². The van der Waals surface area contributed by atoms with Gasteiger partial charge >= 0.3 is 0 Å². The molecule has 0 aliphatic carbocycles. The van der Waals surface area contributed by atoms with E-state index in [4.69, 9.17) is 23.7 Å². The van der Waals surface area contributed by atoms with Crippen molar-refractivity contribution in [1.82, 2.24) is 9.80 Å². The molecule has 2 atom stereocenters. The molecule has 4 rings (SSSR count). The van der Waals surface area contributed by atoms with Crippen LogP contribution in [0.3, 0.4) is 0 Å². The van der Waals surface area contributed by atoms with E-state index in [-0.39, 0.29) is 31.1 Å². The highest BCUT2D eigenvalue weighted by Gasteiger charge is 2.37. The highest BCUT2D eigenvalue weighted by Crippen LogP contribution is 2.39. The Hall–Kier alpha value is -2.81. The molecule has 2 aromatic carbocycles. The second-order valence-electron chi connectivity index (χ2n) is 8.76. The molecule has 0 radical (unpaired) electrons. The molecule has 1 saturated heterocycles. The van der Waals surface area contributed by atoms with Crippen LogP contribution in [0.2, 0.25) is 0 Å². The molecule has 34 heavy (non-hydrogen) atoms. The van der Waals surface area contributed by atoms with Crippen molar-refractivity contribution in [3.05, 3.63) is 53.6 Å². The highest BCUT2D eigenvalue weighted by atomic mass is 16.7. The minimum atomic E-state index is -0.0208. The highest BCUT2D eigenvalue weighted by molar-refractivity contribution is 5.77. The Labute approximate surface area is 201 Å². The van der Waals surface area contributed by atoms with Gasteiger partial charge in [-0.05, 0) is 35.2 Å². The second kappa shape index (κ2) is 11.6. The summed E-state index contributed by atoms with van der Waals surface area (Å²) in [5.41, 5.74) is 2.35. The average Bonchev–Trinajstić information content (AvgIpc) is 3.48. The average molecular weight is 471 g/mol. The molecule has 0 spiro atoms. The molecule has 1 amide bonds. The molecule has 2 aliphatic heterocycles. The normalized spacial score (nSPS) is 19.4. The van der Waals surface area contributed by atoms with Crippen LogP contribution in [0, 0.1) is 5.92 Å². The first-order chi connectivity index (χ1) is 16.6. The molecule has 2 aromatic rings. The van der Waals surface area contributed by atoms with Gasteiger partial charge in [0.2, 0.25) is 12.7 Å². The van der Waals surface area contributed by atoms with Gasteiger partial charge in [-0.15, -0.1) is 0 Å². The summed E-state index contributed by atoms with van der Waals surface area (Å²) < 4.78 is 27.1. The number of nitrogens with zero attached hydrogens (tertiary/aromatic N) is 2. The maximum Gasteiger partial charge on any atom is 0.248 e. The number of ether oxygens (including phenoxy) is 5. The van der Waals surface area contributed by atoms with E-state index in [1.165, 1.54) is 11.1 Å². The molecule has 0 N–H and O–H groups in total. The SMILES string of the molecule is COCCN(C[C@H]1CN(Cc2ccc3c(c2)OCO3)C[C@H]1c1ccccc1OC)C(=O)COC. The third-order valence-electron chi connectivity index (χ3n) is 6.54. The minimum Gasteiger partial charge on any atom is -0.496 e. The standard InChI is InChI=1S/C26H34N2O6/c1-30-11-10-28(26(29)17-31-2)15-20-14-27(13-19-8-9-24-25(12-19)34-18-33-24)16-22(20)21-6-4-5-7-23(21)32-3/h4-9,12,20,22H,10-11,13-18H2,1-3H3/t20-,22-/m1/s1. The van der Waals surface area contributed by atoms with E-state index in [1.54, 1.807) is 21.3 Å². The summed E-state index contributed by atoms with van der Waals surface area (Å²) in [5, 5.41) is 0. The zero-order valence-electron chi connectivity index (χ0n) is 20.2. The Morgan fingerprint density at radius 2 is 1.88 bits per heavy atom. The van der Waals surface area contributed by atoms with Crippen LogP contribution in [0.1, 0.15) is 17.0 Å². The maximum atomic E-state index is 12.8. The number of benzene rings is 2. The third kappa shape index (κ3) is 5.63. The smallest absolute Gasteiger partial charge is 0.248 e. The number of hydrogen-bond donors (Lipinski definition) is 0. The predicted octanol–water partition coefficient (Wildman–Crippen LogP) is 2.76. The third-order valence-corrected chi connectivity index (χ3v) is 6.54. The molecule has 1 fully saturated rings. The summed E-state index contributed by atoms with van der Waals surface area (Å²) in [4.78, 5) is 17.1. The zero-order chi connectivity index (χ0) is 23.9. The van der Waals surface area contributed by atoms with Crippen LogP contribution in [0.25, 0.3) is 0 Å². The molecule has 184 valence electrons. The molecule has 0 aromatic heterocycles. The van der Waals surface area contributed by atoms with Crippen molar-refractivity contribution < 1.29 is 28.5 Å². The molecule has 0 unspecified atom stereocenters. The van der Waals surface area contributed by atoms with E-state index < -0.39 is 0 Å². The van der Waals surface area contributed by atoms with E-state index in [0.717, 1.165) is 36.9 Å². The number of likely N-dealkylation sites (tertiary alicyclic amines) is 1. The number of amides is 1. The van der Waals surface area contributed by atoms with Gasteiger partial charge in [0.25, 0.3) is 0 Å². The van der Waals surface area contributed by atoms with Crippen molar-refractivity contribution in [1.29, 1.82) is 0 Å². The number of methoxy groups -OCH3 is 3. The second-order valence-corrected chi connectivity index (χ2v) is 8.76. The molecule has 0 bridgehead atoms. The van der Waals surface area contributed by atoms with Crippen LogP contribution in [0.15, 0.2) is 42.5 Å². The van der Waals surface area contributed by atoms with Gasteiger partial charge in [-0.2, -0.15) is 0 Å². The number of carbonyl (C=O) groups excluding carboxylic acids is 1. The fraction of sp³-hybridized carbons (Fsp3) is 0.500. The van der Waals surface area contributed by atoms with E-state index in [9.17, 15) is 4.79 Å². The minimum absolute atomic E-state index is 0.0208. The Morgan fingerprint density at radius 3 is 2.68 bits per heavy atom. The van der Waals surface area contributed by atoms with Gasteiger partial charge in [-0.3, -0.25) is 9.69 Å². The van der Waals surface area contributed by atoms with E-state index in [0.29, 0.717) is 19.7 Å². The van der Waals surface area contributed by atoms with Crippen molar-refractivity contribution in [2.45, 2.75) is 12.5 Å². The summed E-state index contributed by atoms with van der Waals surface area (Å²) in [5.74, 6) is 2.92. The van der Waals surface area contributed by atoms with Crippen molar-refractivity contribution in [2.75, 3.05) is 67.5 Å². The maximum absolute atomic E-state index is 12.8. The van der Waals surface area contributed by atoms with Crippen molar-refractivity contribution in [3.63, 3.8) is 0 Å². The fourth-order valence-electron chi connectivity index (χ4n) is 4.91. The topological polar surface area (TPSA) is 69.7 Å². The number of fused-ring (bicyclic) bond motifs is 1. The molecular formula is C26H34N2O6. The molecule has 8 nitrogen and oxygen atoms in total. The molecule has 2 aliphatic rings. The van der Waals surface area contributed by atoms with Crippen LogP contribution in [-0.2, 0) is 20.8 Å². The molecule has 2 heterocycles. The summed E-state index contributed by atoms with van der Waals surface area (Å²) in [7, 11) is 4.91. The first kappa shape index (κ1) is 24.3. The monoisotopic (exact) mass is 470 g/mol. The number of hydrogen-bond acceptors (Lipinski definition) is 7. The molecule has 8 heteroatoms. The van der Waals surface area contributed by atoms with Crippen molar-refractivity contribution >= 4 is 5.91 Å². The van der Waals surface area contributed by atoms with Crippen molar-refractivity contribution in [3.8, 4) is 17.2 Å². The van der Waals surface area contributed by atoms with E-state index in [1.807, 2.05) is 29.2 Å². The van der Waals surface area contributed by atoms with Gasteiger partial charge < -0.3 is 28.6 Å². The lowest BCUT2D eigenvalue weighted by Crippen LogP contribution is -2.41. The van der Waals surface area contributed by atoms with Crippen LogP contribution in [-0.4, -0.2) is 83.2 Å². The Bertz CT molecular complexity index is 968. The van der Waals surface area contributed by atoms with Crippen LogP contribution in [0.5, 0.6) is 17.2 Å². The zero-order valence-corrected chi connectivity index (χ0v) is 20.2. The predicted molar refractivity (Wildman–Crippen MR) is 127 cm³/mol. The quantitative estimate of drug-likeness (QED) is 0.500. The lowest BCUT2D eigenvalue weighted by Gasteiger charge is -2.29. The Kier molecular flexibility index (Phi) is 8.26. The Morgan fingerprint density at radius 1 is 1.06 bits per heavy atom. The van der Waals surface area contributed by atoms with Gasteiger partial charge in [0.15, 0.2) is 11.5 Å². The number of para-hydroxylation sites is 1. The summed E-state index contributed by atoms with van der Waals surface area (Å²) >= 11 is 0. The first-order valence-electron chi connectivity index (χ1n) is 11.6. The van der Waals surface area contributed by atoms with E-state index in [2.05, 4.69) is 23.1 Å². The first-order valence-corrected chi connectivity index (χ1v) is 11.6. The van der Waals surface area contributed by atoms with E-state index >= 15 is 0 Å². The summed E-state index contributed by atoms with van der Waals surface area (Å²) in [6.07, 6.45) is 0. The Balaban J connectivity index is 1.55. The van der Waals surface area contributed by atoms with Crippen molar-refractivity contribution in [2.24, 2.45) is 5.92 Å². The summed E-state index contributed by atoms with van der Waals surface area (Å²) in [6, 6.07) is 14.3. The molecule has 0 saturated carbocycles. The lowest BCUT2D eigenvalue weighted by atomic mass is 9.88. The summed E-state index contributed by atoms with van der Waals surface area (Å²) in [6.45, 7) is 4.52. The van der Waals surface area contributed by atoms with Gasteiger partial charge in [0, 0.05) is 52.9 Å². The molecular weight excluding hydrogens is 436 g/mol. The van der Waals surface area contributed by atoms with Gasteiger partial charge in [-0.25, -0.2) is 0 Å². The van der Waals surface area contributed by atoms with Crippen LogP contribution < -0.4 is 14.2 Å². The largest absolute Gasteiger partial charge is 0.496 e. The fourth-order valence-corrected chi connectivity index (χ4v) is 4.91. The van der Waals surface area contributed by atoms with Gasteiger partial charge in [0.05, 0.1) is 13.7 Å². The lowest BCUT2D eigenvalue weighted by molar-refractivity contribution is -0.136. The van der Waals surface area contributed by atoms with Gasteiger partial charge in [-0.1, -0.05) is 24.3 Å². The number of carbonyl (C=O) groups is 1. The number of rotatable bonds is 11. The van der Waals surface area contributed by atoms with Gasteiger partial charge in [0.1, 0.15) is 12.4 Å².